The van der Waals surface area contributed by atoms with Crippen molar-refractivity contribution in [3.63, 3.8) is 0 Å². The molecule has 0 aliphatic carbocycles. The van der Waals surface area contributed by atoms with Crippen molar-refractivity contribution in [2.45, 2.75) is 19.8 Å². The van der Waals surface area contributed by atoms with E-state index in [2.05, 4.69) is 10.1 Å². The molecule has 2 N–H and O–H groups in total. The van der Waals surface area contributed by atoms with E-state index in [4.69, 9.17) is 21.9 Å². The van der Waals surface area contributed by atoms with Gasteiger partial charge in [-0.3, -0.25) is 0 Å². The first kappa shape index (κ1) is 11.0. The van der Waals surface area contributed by atoms with Crippen LogP contribution in [0.1, 0.15) is 25.6 Å². The summed E-state index contributed by atoms with van der Waals surface area (Å²) >= 11 is 6.04. The van der Waals surface area contributed by atoms with Crippen LogP contribution >= 0.6 is 11.6 Å². The zero-order valence-corrected chi connectivity index (χ0v) is 9.82. The Kier molecular flexibility index (Phi) is 2.83. The Morgan fingerprint density at radius 1 is 1.38 bits per heavy atom. The van der Waals surface area contributed by atoms with Gasteiger partial charge in [0.2, 0.25) is 0 Å². The first-order chi connectivity index (χ1) is 7.58. The lowest BCUT2D eigenvalue weighted by Gasteiger charge is -1.99. The number of rotatable bonds is 2. The highest BCUT2D eigenvalue weighted by atomic mass is 35.5. The molecule has 5 heteroatoms. The number of nitrogens with two attached hydrogens (primary N) is 1. The highest BCUT2D eigenvalue weighted by molar-refractivity contribution is 6.33. The molecule has 0 saturated carbocycles. The van der Waals surface area contributed by atoms with Crippen LogP contribution in [0.3, 0.4) is 0 Å². The van der Waals surface area contributed by atoms with Crippen LogP contribution < -0.4 is 5.73 Å². The molecule has 0 saturated heterocycles. The molecule has 84 valence electrons. The topological polar surface area (TPSA) is 64.9 Å². The van der Waals surface area contributed by atoms with E-state index in [9.17, 15) is 0 Å². The Morgan fingerprint density at radius 2 is 2.12 bits per heavy atom. The van der Waals surface area contributed by atoms with Crippen molar-refractivity contribution < 1.29 is 4.52 Å². The average Bonchev–Trinajstić information content (AvgIpc) is 2.70. The minimum absolute atomic E-state index is 0.220. The first-order valence-corrected chi connectivity index (χ1v) is 5.34. The summed E-state index contributed by atoms with van der Waals surface area (Å²) in [6.45, 7) is 3.99. The molecule has 1 aromatic carbocycles. The van der Waals surface area contributed by atoms with Crippen molar-refractivity contribution in [3.8, 4) is 11.5 Å². The molecule has 1 heterocycles. The molecule has 16 heavy (non-hydrogen) atoms. The number of benzene rings is 1. The predicted octanol–water partition coefficient (Wildman–Crippen LogP) is 3.10. The summed E-state index contributed by atoms with van der Waals surface area (Å²) in [6, 6.07) is 5.16. The number of halogens is 1. The number of hydrogen-bond donors (Lipinski definition) is 1. The number of hydrogen-bond acceptors (Lipinski definition) is 4. The van der Waals surface area contributed by atoms with Crippen LogP contribution in [0.15, 0.2) is 22.7 Å². The van der Waals surface area contributed by atoms with Crippen molar-refractivity contribution in [3.05, 3.63) is 29.0 Å². The molecule has 1 aromatic heterocycles. The third-order valence-electron chi connectivity index (χ3n) is 2.18. The van der Waals surface area contributed by atoms with Crippen LogP contribution in [0.2, 0.25) is 5.02 Å². The van der Waals surface area contributed by atoms with E-state index in [1.807, 2.05) is 13.8 Å². The van der Waals surface area contributed by atoms with Gasteiger partial charge in [0.1, 0.15) is 0 Å². The van der Waals surface area contributed by atoms with Crippen molar-refractivity contribution in [1.29, 1.82) is 0 Å². The van der Waals surface area contributed by atoms with E-state index in [-0.39, 0.29) is 5.92 Å². The van der Waals surface area contributed by atoms with Gasteiger partial charge >= 0.3 is 0 Å². The molecule has 0 fully saturated rings. The van der Waals surface area contributed by atoms with Crippen molar-refractivity contribution in [2.24, 2.45) is 0 Å². The SMILES string of the molecule is CC(C)c1noc(-c2cc(N)ccc2Cl)n1. The summed E-state index contributed by atoms with van der Waals surface area (Å²) < 4.78 is 5.15. The second kappa shape index (κ2) is 4.14. The van der Waals surface area contributed by atoms with Gasteiger partial charge < -0.3 is 10.3 Å². The lowest BCUT2D eigenvalue weighted by atomic mass is 10.2. The highest BCUT2D eigenvalue weighted by Crippen LogP contribution is 2.29. The third-order valence-corrected chi connectivity index (χ3v) is 2.51. The minimum Gasteiger partial charge on any atom is -0.399 e. The summed E-state index contributed by atoms with van der Waals surface area (Å²) in [4.78, 5) is 4.26. The number of aromatic nitrogens is 2. The van der Waals surface area contributed by atoms with E-state index in [1.54, 1.807) is 18.2 Å². The predicted molar refractivity (Wildman–Crippen MR) is 63.2 cm³/mol. The smallest absolute Gasteiger partial charge is 0.259 e. The standard InChI is InChI=1S/C11H12ClN3O/c1-6(2)10-14-11(16-15-10)8-5-7(13)3-4-9(8)12/h3-6H,13H2,1-2H3. The molecular weight excluding hydrogens is 226 g/mol. The van der Waals surface area contributed by atoms with E-state index in [1.165, 1.54) is 0 Å². The number of nitrogen functional groups attached to an aromatic ring is 1. The maximum Gasteiger partial charge on any atom is 0.259 e. The normalized spacial score (nSPS) is 11.0. The Labute approximate surface area is 98.4 Å². The van der Waals surface area contributed by atoms with Gasteiger partial charge in [0.05, 0.1) is 10.6 Å². The van der Waals surface area contributed by atoms with Crippen molar-refractivity contribution in [1.82, 2.24) is 10.1 Å². The molecule has 2 rings (SSSR count). The largest absolute Gasteiger partial charge is 0.399 e. The summed E-state index contributed by atoms with van der Waals surface area (Å²) in [5, 5.41) is 4.43. The molecule has 2 aromatic rings. The lowest BCUT2D eigenvalue weighted by Crippen LogP contribution is -1.90. The molecule has 0 radical (unpaired) electrons. The zero-order valence-electron chi connectivity index (χ0n) is 9.07. The van der Waals surface area contributed by atoms with Gasteiger partial charge in [-0.05, 0) is 18.2 Å². The summed E-state index contributed by atoms with van der Waals surface area (Å²) in [7, 11) is 0. The molecule has 4 nitrogen and oxygen atoms in total. The monoisotopic (exact) mass is 237 g/mol. The van der Waals surface area contributed by atoms with Crippen LogP contribution in [-0.4, -0.2) is 10.1 Å². The molecule has 0 bridgehead atoms. The molecule has 0 aliphatic heterocycles. The number of anilines is 1. The van der Waals surface area contributed by atoms with Crippen molar-refractivity contribution in [2.75, 3.05) is 5.73 Å². The van der Waals surface area contributed by atoms with Gasteiger partial charge in [-0.25, -0.2) is 0 Å². The average molecular weight is 238 g/mol. The maximum atomic E-state index is 6.04. The van der Waals surface area contributed by atoms with Crippen LogP contribution in [0.4, 0.5) is 5.69 Å². The Balaban J connectivity index is 2.46. The molecular formula is C11H12ClN3O. The zero-order chi connectivity index (χ0) is 11.7. The minimum atomic E-state index is 0.220. The van der Waals surface area contributed by atoms with Gasteiger partial charge in [0.25, 0.3) is 5.89 Å². The van der Waals surface area contributed by atoms with Gasteiger partial charge in [-0.15, -0.1) is 0 Å². The fourth-order valence-electron chi connectivity index (χ4n) is 1.29. The van der Waals surface area contributed by atoms with Crippen LogP contribution in [0, 0.1) is 0 Å². The van der Waals surface area contributed by atoms with E-state index in [0.717, 1.165) is 0 Å². The second-order valence-corrected chi connectivity index (χ2v) is 4.26. The summed E-state index contributed by atoms with van der Waals surface area (Å²) in [6.07, 6.45) is 0. The van der Waals surface area contributed by atoms with E-state index in [0.29, 0.717) is 28.0 Å². The fraction of sp³-hybridized carbons (Fsp3) is 0.273. The lowest BCUT2D eigenvalue weighted by molar-refractivity contribution is 0.419. The van der Waals surface area contributed by atoms with Gasteiger partial charge in [0, 0.05) is 11.6 Å². The Hall–Kier alpha value is -1.55. The van der Waals surface area contributed by atoms with Crippen LogP contribution in [0.5, 0.6) is 0 Å². The van der Waals surface area contributed by atoms with Gasteiger partial charge in [-0.1, -0.05) is 30.6 Å². The third kappa shape index (κ3) is 2.02. The Bertz CT molecular complexity index is 508. The summed E-state index contributed by atoms with van der Waals surface area (Å²) in [5.74, 6) is 1.28. The van der Waals surface area contributed by atoms with E-state index >= 15 is 0 Å². The quantitative estimate of drug-likeness (QED) is 0.816. The summed E-state index contributed by atoms with van der Waals surface area (Å²) in [5.41, 5.74) is 6.97. The highest BCUT2D eigenvalue weighted by Gasteiger charge is 2.14. The van der Waals surface area contributed by atoms with Gasteiger partial charge in [0.15, 0.2) is 5.82 Å². The van der Waals surface area contributed by atoms with Crippen molar-refractivity contribution >= 4 is 17.3 Å². The number of nitrogens with zero attached hydrogens (tertiary/aromatic N) is 2. The van der Waals surface area contributed by atoms with Gasteiger partial charge in [-0.2, -0.15) is 4.98 Å². The second-order valence-electron chi connectivity index (χ2n) is 3.85. The van der Waals surface area contributed by atoms with E-state index < -0.39 is 0 Å². The first-order valence-electron chi connectivity index (χ1n) is 4.97. The fourth-order valence-corrected chi connectivity index (χ4v) is 1.48. The Morgan fingerprint density at radius 3 is 2.75 bits per heavy atom. The molecule has 0 unspecified atom stereocenters. The van der Waals surface area contributed by atoms with Crippen LogP contribution in [0.25, 0.3) is 11.5 Å². The molecule has 0 spiro atoms. The molecule has 0 atom stereocenters. The molecule has 0 amide bonds. The molecule has 0 aliphatic rings. The maximum absolute atomic E-state index is 6.04. The van der Waals surface area contributed by atoms with Crippen LogP contribution in [-0.2, 0) is 0 Å².